The van der Waals surface area contributed by atoms with E-state index in [4.69, 9.17) is 15.9 Å². The number of hydrogen-bond donors (Lipinski definition) is 2. The van der Waals surface area contributed by atoms with Gasteiger partial charge in [0.1, 0.15) is 11.6 Å². The highest BCUT2D eigenvalue weighted by Crippen LogP contribution is 2.29. The van der Waals surface area contributed by atoms with Gasteiger partial charge >= 0.3 is 0 Å². The summed E-state index contributed by atoms with van der Waals surface area (Å²) in [7, 11) is 0. The number of benzene rings is 2. The fraction of sp³-hybridized carbons (Fsp3) is 0.133. The molecule has 0 heterocycles. The Balaban J connectivity index is 2.38. The molecule has 0 radical (unpaired) electrons. The maximum absolute atomic E-state index is 13.8. The van der Waals surface area contributed by atoms with Gasteiger partial charge in [0.05, 0.1) is 0 Å². The molecular formula is C15H14F2N2O. The number of aryl methyl sites for hydroxylation is 2. The molecule has 0 atom stereocenters. The van der Waals surface area contributed by atoms with Crippen molar-refractivity contribution in [2.45, 2.75) is 13.8 Å². The second-order valence-corrected chi connectivity index (χ2v) is 4.53. The molecule has 3 nitrogen and oxygen atoms in total. The Bertz CT molecular complexity index is 661. The van der Waals surface area contributed by atoms with E-state index in [1.165, 1.54) is 0 Å². The Hall–Kier alpha value is -2.43. The molecule has 2 aromatic rings. The van der Waals surface area contributed by atoms with Gasteiger partial charge in [-0.3, -0.25) is 5.41 Å². The van der Waals surface area contributed by atoms with Gasteiger partial charge in [-0.25, -0.2) is 8.78 Å². The van der Waals surface area contributed by atoms with E-state index in [1.807, 2.05) is 19.9 Å². The van der Waals surface area contributed by atoms with Crippen LogP contribution < -0.4 is 10.5 Å². The van der Waals surface area contributed by atoms with Crippen molar-refractivity contribution in [2.75, 3.05) is 0 Å². The molecule has 5 heteroatoms. The van der Waals surface area contributed by atoms with Crippen LogP contribution in [0.25, 0.3) is 0 Å². The topological polar surface area (TPSA) is 59.1 Å². The Labute approximate surface area is 115 Å². The zero-order valence-electron chi connectivity index (χ0n) is 11.1. The van der Waals surface area contributed by atoms with Crippen molar-refractivity contribution >= 4 is 5.84 Å². The van der Waals surface area contributed by atoms with Crippen LogP contribution in [-0.4, -0.2) is 5.84 Å². The Morgan fingerprint density at radius 3 is 2.15 bits per heavy atom. The highest BCUT2D eigenvalue weighted by molar-refractivity contribution is 5.95. The summed E-state index contributed by atoms with van der Waals surface area (Å²) in [6.45, 7) is 3.82. The van der Waals surface area contributed by atoms with Gasteiger partial charge in [0, 0.05) is 5.56 Å². The highest BCUT2D eigenvalue weighted by atomic mass is 19.1. The number of ether oxygens (including phenoxy) is 1. The van der Waals surface area contributed by atoms with Crippen molar-refractivity contribution in [3.63, 3.8) is 0 Å². The normalized spacial score (nSPS) is 10.4. The van der Waals surface area contributed by atoms with Crippen LogP contribution in [0.2, 0.25) is 0 Å². The molecule has 0 amide bonds. The van der Waals surface area contributed by atoms with Gasteiger partial charge in [0.25, 0.3) is 0 Å². The maximum Gasteiger partial charge on any atom is 0.198 e. The molecule has 0 saturated carbocycles. The lowest BCUT2D eigenvalue weighted by atomic mass is 10.1. The van der Waals surface area contributed by atoms with Crippen molar-refractivity contribution in [1.29, 1.82) is 5.41 Å². The fourth-order valence-electron chi connectivity index (χ4n) is 1.71. The molecular weight excluding hydrogens is 262 g/mol. The van der Waals surface area contributed by atoms with E-state index in [1.54, 1.807) is 12.1 Å². The Morgan fingerprint density at radius 1 is 1.05 bits per heavy atom. The van der Waals surface area contributed by atoms with E-state index in [0.29, 0.717) is 5.75 Å². The largest absolute Gasteiger partial charge is 0.451 e. The van der Waals surface area contributed by atoms with E-state index >= 15 is 0 Å². The molecule has 0 bridgehead atoms. The predicted octanol–water partition coefficient (Wildman–Crippen LogP) is 3.66. The number of halogens is 2. The van der Waals surface area contributed by atoms with Crippen LogP contribution in [0, 0.1) is 30.9 Å². The van der Waals surface area contributed by atoms with Gasteiger partial charge < -0.3 is 10.5 Å². The summed E-state index contributed by atoms with van der Waals surface area (Å²) < 4.78 is 32.9. The Morgan fingerprint density at radius 2 is 1.65 bits per heavy atom. The summed E-state index contributed by atoms with van der Waals surface area (Å²) in [4.78, 5) is 0. The number of nitrogen functional groups attached to an aromatic ring is 1. The van der Waals surface area contributed by atoms with Crippen LogP contribution in [0.4, 0.5) is 8.78 Å². The lowest BCUT2D eigenvalue weighted by Crippen LogP contribution is -2.12. The molecule has 0 spiro atoms. The molecule has 2 rings (SSSR count). The fourth-order valence-corrected chi connectivity index (χ4v) is 1.71. The first-order valence-corrected chi connectivity index (χ1v) is 5.97. The van der Waals surface area contributed by atoms with Gasteiger partial charge in [-0.05, 0) is 49.2 Å². The smallest absolute Gasteiger partial charge is 0.198 e. The van der Waals surface area contributed by atoms with Gasteiger partial charge in [0.15, 0.2) is 17.4 Å². The molecule has 20 heavy (non-hydrogen) atoms. The molecule has 104 valence electrons. The minimum Gasteiger partial charge on any atom is -0.451 e. The molecule has 0 aromatic heterocycles. The first kappa shape index (κ1) is 14.0. The molecule has 0 unspecified atom stereocenters. The lowest BCUT2D eigenvalue weighted by Gasteiger charge is -2.10. The van der Waals surface area contributed by atoms with E-state index in [-0.39, 0.29) is 5.56 Å². The first-order chi connectivity index (χ1) is 9.38. The monoisotopic (exact) mass is 276 g/mol. The second-order valence-electron chi connectivity index (χ2n) is 4.53. The van der Waals surface area contributed by atoms with Crippen LogP contribution in [0.3, 0.4) is 0 Å². The van der Waals surface area contributed by atoms with Crippen LogP contribution in [0.1, 0.15) is 16.7 Å². The third-order valence-electron chi connectivity index (χ3n) is 3.01. The molecule has 0 aliphatic heterocycles. The molecule has 0 aliphatic rings. The summed E-state index contributed by atoms with van der Waals surface area (Å²) in [5.41, 5.74) is 7.20. The van der Waals surface area contributed by atoms with Gasteiger partial charge in [-0.2, -0.15) is 0 Å². The molecule has 0 saturated heterocycles. The number of hydrogen-bond acceptors (Lipinski definition) is 2. The molecule has 2 aromatic carbocycles. The summed E-state index contributed by atoms with van der Waals surface area (Å²) in [5.74, 6) is -2.35. The van der Waals surface area contributed by atoms with Crippen molar-refractivity contribution in [2.24, 2.45) is 5.73 Å². The summed E-state index contributed by atoms with van der Waals surface area (Å²) >= 11 is 0. The average Bonchev–Trinajstić information content (AvgIpc) is 2.37. The van der Waals surface area contributed by atoms with Gasteiger partial charge in [-0.1, -0.05) is 6.07 Å². The summed E-state index contributed by atoms with van der Waals surface area (Å²) in [6, 6.07) is 7.10. The van der Waals surface area contributed by atoms with E-state index in [2.05, 4.69) is 0 Å². The minimum absolute atomic E-state index is 0.0209. The van der Waals surface area contributed by atoms with Crippen molar-refractivity contribution in [3.05, 3.63) is 58.7 Å². The standard InChI is InChI=1S/C15H14F2N2O/c1-8-3-4-11(5-9(8)2)20-14-12(16)6-10(15(18)19)7-13(14)17/h3-7H,1-2H3,(H3,18,19). The number of nitrogens with two attached hydrogens (primary N) is 1. The van der Waals surface area contributed by atoms with Crippen molar-refractivity contribution in [3.8, 4) is 11.5 Å². The first-order valence-electron chi connectivity index (χ1n) is 5.97. The molecule has 0 aliphatic carbocycles. The quantitative estimate of drug-likeness (QED) is 0.664. The Kier molecular flexibility index (Phi) is 3.70. The summed E-state index contributed by atoms with van der Waals surface area (Å²) in [6.07, 6.45) is 0. The van der Waals surface area contributed by atoms with Crippen molar-refractivity contribution < 1.29 is 13.5 Å². The number of amidine groups is 1. The van der Waals surface area contributed by atoms with Crippen LogP contribution in [-0.2, 0) is 0 Å². The number of rotatable bonds is 3. The lowest BCUT2D eigenvalue weighted by molar-refractivity contribution is 0.407. The van der Waals surface area contributed by atoms with Crippen molar-refractivity contribution in [1.82, 2.24) is 0 Å². The maximum atomic E-state index is 13.8. The highest BCUT2D eigenvalue weighted by Gasteiger charge is 2.15. The van der Waals surface area contributed by atoms with Gasteiger partial charge in [-0.15, -0.1) is 0 Å². The van der Waals surface area contributed by atoms with Crippen LogP contribution in [0.15, 0.2) is 30.3 Å². The zero-order chi connectivity index (χ0) is 14.9. The number of nitrogens with one attached hydrogen (secondary N) is 1. The predicted molar refractivity (Wildman–Crippen MR) is 73.4 cm³/mol. The average molecular weight is 276 g/mol. The zero-order valence-corrected chi connectivity index (χ0v) is 11.1. The van der Waals surface area contributed by atoms with E-state index in [0.717, 1.165) is 23.3 Å². The van der Waals surface area contributed by atoms with E-state index in [9.17, 15) is 8.78 Å². The molecule has 0 fully saturated rings. The SMILES string of the molecule is Cc1ccc(Oc2c(F)cc(C(=N)N)cc2F)cc1C. The minimum atomic E-state index is -0.895. The second kappa shape index (κ2) is 5.28. The third-order valence-corrected chi connectivity index (χ3v) is 3.01. The van der Waals surface area contributed by atoms with E-state index < -0.39 is 23.2 Å². The third kappa shape index (κ3) is 2.77. The summed E-state index contributed by atoms with van der Waals surface area (Å²) in [5, 5.41) is 7.18. The van der Waals surface area contributed by atoms with Crippen LogP contribution in [0.5, 0.6) is 11.5 Å². The van der Waals surface area contributed by atoms with Gasteiger partial charge in [0.2, 0.25) is 0 Å². The molecule has 3 N–H and O–H groups in total. The van der Waals surface area contributed by atoms with Crippen LogP contribution >= 0.6 is 0 Å².